The summed E-state index contributed by atoms with van der Waals surface area (Å²) in [6.45, 7) is 1.82. The molecule has 4 nitrogen and oxygen atoms in total. The number of benzene rings is 1. The average molecular weight is 304 g/mol. The van der Waals surface area contributed by atoms with E-state index in [0.717, 1.165) is 5.56 Å². The van der Waals surface area contributed by atoms with Gasteiger partial charge in [-0.05, 0) is 31.5 Å². The zero-order valence-corrected chi connectivity index (χ0v) is 12.0. The summed E-state index contributed by atoms with van der Waals surface area (Å²) in [6, 6.07) is 6.84. The molecule has 1 amide bonds. The molecule has 1 aromatic rings. The van der Waals surface area contributed by atoms with Crippen molar-refractivity contribution >= 4 is 11.6 Å². The molecule has 21 heavy (non-hydrogen) atoms. The number of halogens is 3. The topological polar surface area (TPSA) is 55.6 Å². The molecule has 0 saturated carbocycles. The number of amides is 1. The van der Waals surface area contributed by atoms with Crippen LogP contribution in [0.1, 0.15) is 19.4 Å². The normalized spacial score (nSPS) is 11.7. The van der Waals surface area contributed by atoms with E-state index >= 15 is 0 Å². The maximum Gasteiger partial charge on any atom is 0.411 e. The molecule has 7 heteroatoms. The van der Waals surface area contributed by atoms with Crippen LogP contribution in [0.5, 0.6) is 0 Å². The Hall–Kier alpha value is -1.76. The number of hydrogen-bond donors (Lipinski definition) is 1. The molecule has 0 spiro atoms. The van der Waals surface area contributed by atoms with E-state index < -0.39 is 25.3 Å². The summed E-state index contributed by atoms with van der Waals surface area (Å²) >= 11 is 0. The number of rotatable bonds is 6. The molecule has 0 bridgehead atoms. The number of nitrogens with two attached hydrogens (primary N) is 1. The van der Waals surface area contributed by atoms with Gasteiger partial charge in [-0.25, -0.2) is 0 Å². The monoisotopic (exact) mass is 304 g/mol. The van der Waals surface area contributed by atoms with Crippen LogP contribution in [-0.4, -0.2) is 36.2 Å². The molecule has 0 atom stereocenters. The largest absolute Gasteiger partial charge is 0.411 e. The van der Waals surface area contributed by atoms with Crippen molar-refractivity contribution in [3.8, 4) is 0 Å². The second-order valence-corrected chi connectivity index (χ2v) is 4.97. The molecular weight excluding hydrogens is 285 g/mol. The van der Waals surface area contributed by atoms with Crippen LogP contribution in [0, 0.1) is 0 Å². The first-order valence-electron chi connectivity index (χ1n) is 6.47. The summed E-state index contributed by atoms with van der Waals surface area (Å²) in [5, 5.41) is 0. The Morgan fingerprint density at radius 2 is 2.05 bits per heavy atom. The second-order valence-electron chi connectivity index (χ2n) is 4.97. The van der Waals surface area contributed by atoms with Crippen molar-refractivity contribution in [2.24, 2.45) is 0 Å². The Morgan fingerprint density at radius 1 is 1.38 bits per heavy atom. The van der Waals surface area contributed by atoms with Crippen LogP contribution >= 0.6 is 0 Å². The summed E-state index contributed by atoms with van der Waals surface area (Å²) in [4.78, 5) is 13.4. The van der Waals surface area contributed by atoms with Crippen molar-refractivity contribution in [2.45, 2.75) is 32.6 Å². The first-order valence-corrected chi connectivity index (χ1v) is 6.47. The van der Waals surface area contributed by atoms with Crippen molar-refractivity contribution in [3.63, 3.8) is 0 Å². The molecule has 0 aliphatic carbocycles. The van der Waals surface area contributed by atoms with E-state index in [1.165, 1.54) is 4.90 Å². The Morgan fingerprint density at radius 3 is 2.57 bits per heavy atom. The van der Waals surface area contributed by atoms with Crippen molar-refractivity contribution in [3.05, 3.63) is 29.8 Å². The maximum absolute atomic E-state index is 12.0. The number of hydrogen-bond acceptors (Lipinski definition) is 3. The minimum atomic E-state index is -4.43. The number of anilines is 1. The highest BCUT2D eigenvalue weighted by Gasteiger charge is 2.28. The van der Waals surface area contributed by atoms with Crippen molar-refractivity contribution in [1.29, 1.82) is 0 Å². The van der Waals surface area contributed by atoms with Gasteiger partial charge in [-0.1, -0.05) is 12.1 Å². The highest BCUT2D eigenvalue weighted by molar-refractivity contribution is 5.77. The third kappa shape index (κ3) is 6.48. The highest BCUT2D eigenvalue weighted by Crippen LogP contribution is 2.15. The van der Waals surface area contributed by atoms with Gasteiger partial charge in [-0.15, -0.1) is 0 Å². The van der Waals surface area contributed by atoms with E-state index in [4.69, 9.17) is 5.73 Å². The quantitative estimate of drug-likeness (QED) is 0.822. The van der Waals surface area contributed by atoms with Gasteiger partial charge in [0.1, 0.15) is 13.2 Å². The van der Waals surface area contributed by atoms with Crippen LogP contribution in [0.25, 0.3) is 0 Å². The van der Waals surface area contributed by atoms with E-state index in [-0.39, 0.29) is 12.6 Å². The molecule has 118 valence electrons. The first-order chi connectivity index (χ1) is 9.69. The molecule has 0 heterocycles. The zero-order chi connectivity index (χ0) is 16.0. The summed E-state index contributed by atoms with van der Waals surface area (Å²) in [7, 11) is 0. The van der Waals surface area contributed by atoms with Crippen LogP contribution < -0.4 is 5.73 Å². The lowest BCUT2D eigenvalue weighted by atomic mass is 10.1. The van der Waals surface area contributed by atoms with E-state index in [1.807, 2.05) is 0 Å². The molecule has 0 saturated heterocycles. The maximum atomic E-state index is 12.0. The van der Waals surface area contributed by atoms with E-state index in [2.05, 4.69) is 4.74 Å². The second kappa shape index (κ2) is 7.31. The van der Waals surface area contributed by atoms with E-state index in [9.17, 15) is 18.0 Å². The number of alkyl halides is 3. The average Bonchev–Trinajstić information content (AvgIpc) is 2.34. The lowest BCUT2D eigenvalue weighted by Crippen LogP contribution is -2.39. The number of carbonyl (C=O) groups is 1. The Balaban J connectivity index is 2.62. The Kier molecular flexibility index (Phi) is 6.02. The van der Waals surface area contributed by atoms with Gasteiger partial charge >= 0.3 is 6.18 Å². The van der Waals surface area contributed by atoms with Gasteiger partial charge in [0.15, 0.2) is 0 Å². The fourth-order valence-corrected chi connectivity index (χ4v) is 1.78. The number of carbonyl (C=O) groups excluding carboxylic acids is 1. The number of nitrogen functional groups attached to an aromatic ring is 1. The fourth-order valence-electron chi connectivity index (χ4n) is 1.78. The molecule has 0 unspecified atom stereocenters. The third-order valence-electron chi connectivity index (χ3n) is 2.74. The zero-order valence-electron chi connectivity index (χ0n) is 12.0. The smallest absolute Gasteiger partial charge is 0.399 e. The fraction of sp³-hybridized carbons (Fsp3) is 0.500. The van der Waals surface area contributed by atoms with Crippen LogP contribution in [-0.2, 0) is 16.1 Å². The van der Waals surface area contributed by atoms with Crippen LogP contribution in [0.4, 0.5) is 18.9 Å². The van der Waals surface area contributed by atoms with Crippen LogP contribution in [0.15, 0.2) is 24.3 Å². The minimum Gasteiger partial charge on any atom is -0.399 e. The van der Waals surface area contributed by atoms with Gasteiger partial charge in [0.05, 0.1) is 0 Å². The molecule has 0 aliphatic rings. The van der Waals surface area contributed by atoms with Gasteiger partial charge < -0.3 is 15.4 Å². The molecule has 1 rings (SSSR count). The van der Waals surface area contributed by atoms with Crippen molar-refractivity contribution in [2.75, 3.05) is 18.9 Å². The van der Waals surface area contributed by atoms with Gasteiger partial charge in [-0.3, -0.25) is 4.79 Å². The molecule has 0 aliphatic heterocycles. The standard InChI is InChI=1S/C14H19F3N2O2/c1-10(2)19(7-11-4-3-5-12(18)6-11)13(20)8-21-9-14(15,16)17/h3-6,10H,7-9,18H2,1-2H3. The number of nitrogens with zero attached hydrogens (tertiary/aromatic N) is 1. The van der Waals surface area contributed by atoms with Gasteiger partial charge in [0.25, 0.3) is 0 Å². The Labute approximate surface area is 121 Å². The lowest BCUT2D eigenvalue weighted by Gasteiger charge is -2.27. The van der Waals surface area contributed by atoms with Crippen molar-refractivity contribution < 1.29 is 22.7 Å². The summed E-state index contributed by atoms with van der Waals surface area (Å²) in [6.07, 6.45) is -4.43. The molecule has 0 radical (unpaired) electrons. The van der Waals surface area contributed by atoms with Gasteiger partial charge in [0, 0.05) is 18.3 Å². The first kappa shape index (κ1) is 17.3. The summed E-state index contributed by atoms with van der Waals surface area (Å²) in [5.74, 6) is -0.489. The summed E-state index contributed by atoms with van der Waals surface area (Å²) < 4.78 is 40.4. The van der Waals surface area contributed by atoms with Crippen molar-refractivity contribution in [1.82, 2.24) is 4.90 Å². The minimum absolute atomic E-state index is 0.159. The Bertz CT molecular complexity index is 476. The van der Waals surface area contributed by atoms with Crippen LogP contribution in [0.2, 0.25) is 0 Å². The SMILES string of the molecule is CC(C)N(Cc1cccc(N)c1)C(=O)COCC(F)(F)F. The lowest BCUT2D eigenvalue weighted by molar-refractivity contribution is -0.178. The summed E-state index contributed by atoms with van der Waals surface area (Å²) in [5.41, 5.74) is 7.04. The molecule has 2 N–H and O–H groups in total. The highest BCUT2D eigenvalue weighted by atomic mass is 19.4. The molecule has 0 fully saturated rings. The molecular formula is C14H19F3N2O2. The number of ether oxygens (including phenoxy) is 1. The van der Waals surface area contributed by atoms with E-state index in [0.29, 0.717) is 5.69 Å². The van der Waals surface area contributed by atoms with Gasteiger partial charge in [0.2, 0.25) is 5.91 Å². The predicted octanol–water partition coefficient (Wildman–Crippen LogP) is 2.58. The molecule has 1 aromatic carbocycles. The molecule has 0 aromatic heterocycles. The van der Waals surface area contributed by atoms with E-state index in [1.54, 1.807) is 38.1 Å². The van der Waals surface area contributed by atoms with Crippen LogP contribution in [0.3, 0.4) is 0 Å². The van der Waals surface area contributed by atoms with Gasteiger partial charge in [-0.2, -0.15) is 13.2 Å². The predicted molar refractivity (Wildman–Crippen MR) is 73.4 cm³/mol. The third-order valence-corrected chi connectivity index (χ3v) is 2.74.